The molecule has 1 heterocycles. The van der Waals surface area contributed by atoms with E-state index in [9.17, 15) is 29.4 Å². The van der Waals surface area contributed by atoms with Gasteiger partial charge in [0.1, 0.15) is 17.0 Å². The first-order valence-corrected chi connectivity index (χ1v) is 10.1. The number of anilines is 2. The molecule has 178 valence electrons. The van der Waals surface area contributed by atoms with Crippen molar-refractivity contribution >= 4 is 35.1 Å². The molecule has 2 aromatic carbocycles. The summed E-state index contributed by atoms with van der Waals surface area (Å²) in [6.07, 6.45) is 0. The Bertz CT molecular complexity index is 1200. The number of carbonyl (C=O) groups excluding carboxylic acids is 3. The van der Waals surface area contributed by atoms with Crippen molar-refractivity contribution in [1.82, 2.24) is 4.90 Å². The Morgan fingerprint density at radius 2 is 1.88 bits per heavy atom. The van der Waals surface area contributed by atoms with E-state index < -0.39 is 29.5 Å². The lowest BCUT2D eigenvalue weighted by Crippen LogP contribution is -2.31. The summed E-state index contributed by atoms with van der Waals surface area (Å²) in [6.45, 7) is 1.48. The van der Waals surface area contributed by atoms with Crippen LogP contribution in [0.15, 0.2) is 47.7 Å². The molecule has 1 aliphatic rings. The molecule has 5 N–H and O–H groups in total. The van der Waals surface area contributed by atoms with Crippen molar-refractivity contribution in [3.63, 3.8) is 0 Å². The molecule has 2 aromatic rings. The molecule has 0 unspecified atom stereocenters. The summed E-state index contributed by atoms with van der Waals surface area (Å²) < 4.78 is 4.77. The van der Waals surface area contributed by atoms with Gasteiger partial charge in [-0.3, -0.25) is 9.59 Å². The maximum absolute atomic E-state index is 12.8. The zero-order chi connectivity index (χ0) is 25.0. The fraction of sp³-hybridized carbons (Fsp3) is 0.217. The van der Waals surface area contributed by atoms with Crippen molar-refractivity contribution in [2.24, 2.45) is 0 Å². The number of esters is 1. The number of aliphatic hydroxyl groups excluding tert-OH is 1. The number of amides is 2. The van der Waals surface area contributed by atoms with Crippen LogP contribution in [0.1, 0.15) is 26.3 Å². The highest BCUT2D eigenvalue weighted by Crippen LogP contribution is 2.26. The van der Waals surface area contributed by atoms with E-state index >= 15 is 0 Å². The Balaban J connectivity index is 1.88. The van der Waals surface area contributed by atoms with Crippen LogP contribution in [0.4, 0.5) is 11.4 Å². The lowest BCUT2D eigenvalue weighted by atomic mass is 10.1. The number of aromatic carboxylic acids is 1. The van der Waals surface area contributed by atoms with Gasteiger partial charge in [0.25, 0.3) is 11.8 Å². The predicted molar refractivity (Wildman–Crippen MR) is 121 cm³/mol. The molecule has 11 nitrogen and oxygen atoms in total. The lowest BCUT2D eigenvalue weighted by Gasteiger charge is -2.16. The average molecular weight is 469 g/mol. The number of nitrogens with zero attached hydrogens (tertiary/aromatic N) is 1. The van der Waals surface area contributed by atoms with Crippen LogP contribution >= 0.6 is 0 Å². The largest absolute Gasteiger partial charge is 0.507 e. The second kappa shape index (κ2) is 10.0. The van der Waals surface area contributed by atoms with E-state index in [0.29, 0.717) is 11.3 Å². The van der Waals surface area contributed by atoms with Gasteiger partial charge in [-0.2, -0.15) is 0 Å². The van der Waals surface area contributed by atoms with Gasteiger partial charge in [0.05, 0.1) is 25.8 Å². The number of rotatable bonds is 8. The minimum atomic E-state index is -1.35. The summed E-state index contributed by atoms with van der Waals surface area (Å²) in [7, 11) is 1.20. The quantitative estimate of drug-likeness (QED) is 0.283. The van der Waals surface area contributed by atoms with Crippen LogP contribution in [0.3, 0.4) is 0 Å². The van der Waals surface area contributed by atoms with Gasteiger partial charge in [0, 0.05) is 23.5 Å². The van der Waals surface area contributed by atoms with Crippen LogP contribution in [-0.2, 0) is 14.3 Å². The van der Waals surface area contributed by atoms with E-state index in [4.69, 9.17) is 9.84 Å². The zero-order valence-electron chi connectivity index (χ0n) is 18.4. The van der Waals surface area contributed by atoms with Crippen LogP contribution < -0.4 is 10.6 Å². The third-order valence-corrected chi connectivity index (χ3v) is 5.20. The van der Waals surface area contributed by atoms with Crippen molar-refractivity contribution in [3.8, 4) is 5.75 Å². The first-order valence-electron chi connectivity index (χ1n) is 10.1. The van der Waals surface area contributed by atoms with Crippen molar-refractivity contribution in [2.75, 3.05) is 37.4 Å². The van der Waals surface area contributed by atoms with Crippen molar-refractivity contribution in [2.45, 2.75) is 6.92 Å². The molecule has 0 fully saturated rings. The van der Waals surface area contributed by atoms with Gasteiger partial charge in [-0.1, -0.05) is 6.07 Å². The van der Waals surface area contributed by atoms with Gasteiger partial charge < -0.3 is 35.6 Å². The summed E-state index contributed by atoms with van der Waals surface area (Å²) >= 11 is 0. The number of nitrogens with one attached hydrogen (secondary N) is 2. The summed E-state index contributed by atoms with van der Waals surface area (Å²) in [4.78, 5) is 50.2. The number of aryl methyl sites for hydroxylation is 1. The van der Waals surface area contributed by atoms with E-state index in [1.54, 1.807) is 19.1 Å². The van der Waals surface area contributed by atoms with Gasteiger partial charge in [0.15, 0.2) is 0 Å². The molecular weight excluding hydrogens is 446 g/mol. The average Bonchev–Trinajstić information content (AvgIpc) is 3.11. The standard InChI is InChI=1S/C23H23N3O8/c1-12-3-4-13(20(29)24-14-5-6-18(28)15(10-14)22(31)32)9-17(12)25-19-16(23(33)34-2)11-26(7-8-27)21(19)30/h3-6,9-10,25,27-28H,7-8,11H2,1-2H3,(H,24,29)(H,31,32). The van der Waals surface area contributed by atoms with Gasteiger partial charge in [-0.25, -0.2) is 9.59 Å². The third kappa shape index (κ3) is 4.99. The van der Waals surface area contributed by atoms with Gasteiger partial charge >= 0.3 is 11.9 Å². The summed E-state index contributed by atoms with van der Waals surface area (Å²) in [5.74, 6) is -3.52. The molecule has 2 amide bonds. The molecule has 0 radical (unpaired) electrons. The number of carbonyl (C=O) groups is 4. The van der Waals surface area contributed by atoms with Crippen LogP contribution in [0, 0.1) is 6.92 Å². The third-order valence-electron chi connectivity index (χ3n) is 5.20. The fourth-order valence-electron chi connectivity index (χ4n) is 3.37. The first-order chi connectivity index (χ1) is 16.2. The van der Waals surface area contributed by atoms with Crippen LogP contribution in [0.2, 0.25) is 0 Å². The second-order valence-electron chi connectivity index (χ2n) is 7.44. The maximum atomic E-state index is 12.8. The topological polar surface area (TPSA) is 166 Å². The molecule has 0 aliphatic carbocycles. The Morgan fingerprint density at radius 3 is 2.53 bits per heavy atom. The number of phenols is 1. The number of methoxy groups -OCH3 is 1. The summed E-state index contributed by atoms with van der Waals surface area (Å²) in [5, 5.41) is 33.4. The Morgan fingerprint density at radius 1 is 1.15 bits per heavy atom. The Labute approximate surface area is 194 Å². The highest BCUT2D eigenvalue weighted by molar-refractivity contribution is 6.09. The number of β-amino-alcohol motifs (C(OH)–C–C–N with tert-alkyl or cyclic N) is 1. The van der Waals surface area contributed by atoms with Crippen LogP contribution in [0.25, 0.3) is 0 Å². The molecule has 11 heteroatoms. The van der Waals surface area contributed by atoms with Gasteiger partial charge in [-0.05, 0) is 42.8 Å². The van der Waals surface area contributed by atoms with Crippen molar-refractivity contribution < 1.29 is 39.2 Å². The number of ether oxygens (including phenoxy) is 1. The van der Waals surface area contributed by atoms with Crippen molar-refractivity contribution in [1.29, 1.82) is 0 Å². The second-order valence-corrected chi connectivity index (χ2v) is 7.44. The molecule has 0 aromatic heterocycles. The van der Waals surface area contributed by atoms with E-state index in [0.717, 1.165) is 12.1 Å². The molecule has 0 spiro atoms. The predicted octanol–water partition coefficient (Wildman–Crippen LogP) is 1.32. The summed E-state index contributed by atoms with van der Waals surface area (Å²) in [6, 6.07) is 8.30. The minimum absolute atomic E-state index is 0.00871. The normalized spacial score (nSPS) is 13.1. The molecule has 0 atom stereocenters. The Hall–Kier alpha value is -4.38. The van der Waals surface area contributed by atoms with E-state index in [-0.39, 0.29) is 47.8 Å². The molecule has 34 heavy (non-hydrogen) atoms. The number of aliphatic hydroxyl groups is 1. The highest BCUT2D eigenvalue weighted by atomic mass is 16.5. The molecule has 1 aliphatic heterocycles. The molecular formula is C23H23N3O8. The Kier molecular flexibility index (Phi) is 7.17. The zero-order valence-corrected chi connectivity index (χ0v) is 18.4. The minimum Gasteiger partial charge on any atom is -0.507 e. The fourth-order valence-corrected chi connectivity index (χ4v) is 3.37. The molecule has 0 bridgehead atoms. The van der Waals surface area contributed by atoms with Gasteiger partial charge in [-0.15, -0.1) is 0 Å². The lowest BCUT2D eigenvalue weighted by molar-refractivity contribution is -0.136. The highest BCUT2D eigenvalue weighted by Gasteiger charge is 2.34. The molecule has 0 saturated carbocycles. The van der Waals surface area contributed by atoms with Gasteiger partial charge in [0.2, 0.25) is 0 Å². The number of benzene rings is 2. The van der Waals surface area contributed by atoms with Crippen LogP contribution in [-0.4, -0.2) is 70.8 Å². The number of hydrogen-bond acceptors (Lipinski definition) is 8. The smallest absolute Gasteiger partial charge is 0.339 e. The maximum Gasteiger partial charge on any atom is 0.339 e. The monoisotopic (exact) mass is 469 g/mol. The summed E-state index contributed by atoms with van der Waals surface area (Å²) in [5.41, 5.74) is 1.15. The molecule has 3 rings (SSSR count). The number of carboxylic acids is 1. The van der Waals surface area contributed by atoms with E-state index in [2.05, 4.69) is 10.6 Å². The number of carboxylic acid groups (broad SMARTS) is 1. The van der Waals surface area contributed by atoms with E-state index in [1.165, 1.54) is 24.1 Å². The first kappa shape index (κ1) is 24.3. The number of hydrogen-bond donors (Lipinski definition) is 5. The SMILES string of the molecule is COC(=O)C1=C(Nc2cc(C(=O)Nc3ccc(O)c(C(=O)O)c3)ccc2C)C(=O)N(CCO)C1. The molecule has 0 saturated heterocycles. The van der Waals surface area contributed by atoms with Crippen LogP contribution in [0.5, 0.6) is 5.75 Å². The number of aromatic hydroxyl groups is 1. The van der Waals surface area contributed by atoms with Crippen molar-refractivity contribution in [3.05, 3.63) is 64.4 Å². The van der Waals surface area contributed by atoms with E-state index in [1.807, 2.05) is 0 Å².